The third kappa shape index (κ3) is 9.07. The standard InChI is InChI=1S/C9H14BN3.C4H8O.C2H6/c1-13(2)6-8(11)9-5-7(10)3-4-12-9;1-2-4-5-3-1;1-2/h3-5,8H,6,11H2,1-2H3;1-4H2;1-2H3. The number of likely N-dealkylation sites (N-methyl/N-ethyl adjacent to an activating group) is 1. The van der Waals surface area contributed by atoms with E-state index in [2.05, 4.69) is 4.98 Å². The molecule has 20 heavy (non-hydrogen) atoms. The van der Waals surface area contributed by atoms with Crippen LogP contribution >= 0.6 is 0 Å². The second-order valence-corrected chi connectivity index (χ2v) is 4.70. The Morgan fingerprint density at radius 3 is 2.35 bits per heavy atom. The lowest BCUT2D eigenvalue weighted by Gasteiger charge is -2.16. The number of nitrogens with two attached hydrogens (primary N) is 1. The van der Waals surface area contributed by atoms with Crippen molar-refractivity contribution in [2.75, 3.05) is 33.9 Å². The summed E-state index contributed by atoms with van der Waals surface area (Å²) in [5, 5.41) is 0. The number of rotatable bonds is 3. The minimum atomic E-state index is -0.0708. The van der Waals surface area contributed by atoms with Gasteiger partial charge >= 0.3 is 0 Å². The molecule has 1 aromatic rings. The Labute approximate surface area is 125 Å². The van der Waals surface area contributed by atoms with Gasteiger partial charge in [0.05, 0.1) is 11.7 Å². The topological polar surface area (TPSA) is 51.4 Å². The molecule has 112 valence electrons. The molecule has 0 aromatic carbocycles. The van der Waals surface area contributed by atoms with E-state index in [1.54, 1.807) is 12.3 Å². The molecule has 1 fully saturated rings. The Kier molecular flexibility index (Phi) is 11.3. The van der Waals surface area contributed by atoms with Crippen LogP contribution in [0, 0.1) is 0 Å². The minimum Gasteiger partial charge on any atom is -0.381 e. The monoisotopic (exact) mass is 277 g/mol. The Balaban J connectivity index is 0.000000427. The first-order chi connectivity index (χ1) is 9.59. The molecule has 1 unspecified atom stereocenters. The summed E-state index contributed by atoms with van der Waals surface area (Å²) in [6.45, 7) is 6.77. The van der Waals surface area contributed by atoms with Crippen LogP contribution in [0.5, 0.6) is 0 Å². The van der Waals surface area contributed by atoms with Crippen molar-refractivity contribution in [3.63, 3.8) is 0 Å². The zero-order valence-electron chi connectivity index (χ0n) is 13.3. The molecule has 0 spiro atoms. The van der Waals surface area contributed by atoms with Crippen molar-refractivity contribution in [3.8, 4) is 0 Å². The van der Waals surface area contributed by atoms with E-state index in [-0.39, 0.29) is 6.04 Å². The van der Waals surface area contributed by atoms with E-state index >= 15 is 0 Å². The summed E-state index contributed by atoms with van der Waals surface area (Å²) in [6, 6.07) is 3.50. The van der Waals surface area contributed by atoms with E-state index in [1.165, 1.54) is 12.8 Å². The van der Waals surface area contributed by atoms with Gasteiger partial charge in [0.25, 0.3) is 0 Å². The van der Waals surface area contributed by atoms with E-state index < -0.39 is 0 Å². The second kappa shape index (κ2) is 11.9. The molecular weight excluding hydrogens is 249 g/mol. The smallest absolute Gasteiger partial charge is 0.113 e. The number of ether oxygens (including phenoxy) is 1. The van der Waals surface area contributed by atoms with Gasteiger partial charge < -0.3 is 15.4 Å². The molecule has 5 heteroatoms. The Morgan fingerprint density at radius 2 is 1.95 bits per heavy atom. The van der Waals surface area contributed by atoms with Crippen LogP contribution in [-0.2, 0) is 4.74 Å². The highest BCUT2D eigenvalue weighted by Gasteiger charge is 2.07. The lowest BCUT2D eigenvalue weighted by molar-refractivity contribution is 0.198. The van der Waals surface area contributed by atoms with Crippen molar-refractivity contribution >= 4 is 13.3 Å². The molecule has 0 saturated carbocycles. The first-order valence-electron chi connectivity index (χ1n) is 7.29. The van der Waals surface area contributed by atoms with Gasteiger partial charge in [-0.05, 0) is 33.0 Å². The van der Waals surface area contributed by atoms with Gasteiger partial charge in [0, 0.05) is 26.0 Å². The number of nitrogens with zero attached hydrogens (tertiary/aromatic N) is 2. The van der Waals surface area contributed by atoms with E-state index in [0.29, 0.717) is 5.46 Å². The number of hydrogen-bond donors (Lipinski definition) is 1. The fourth-order valence-corrected chi connectivity index (χ4v) is 1.67. The van der Waals surface area contributed by atoms with Gasteiger partial charge in [-0.15, -0.1) is 0 Å². The molecular formula is C15H28BN3O. The van der Waals surface area contributed by atoms with Gasteiger partial charge in [-0.3, -0.25) is 4.98 Å². The van der Waals surface area contributed by atoms with Gasteiger partial charge in [-0.25, -0.2) is 0 Å². The van der Waals surface area contributed by atoms with Gasteiger partial charge in [0.2, 0.25) is 0 Å². The quantitative estimate of drug-likeness (QED) is 0.845. The van der Waals surface area contributed by atoms with Crippen molar-refractivity contribution < 1.29 is 4.74 Å². The molecule has 1 saturated heterocycles. The van der Waals surface area contributed by atoms with Crippen LogP contribution in [0.1, 0.15) is 38.4 Å². The van der Waals surface area contributed by atoms with Crippen molar-refractivity contribution in [1.82, 2.24) is 9.88 Å². The summed E-state index contributed by atoms with van der Waals surface area (Å²) < 4.78 is 4.94. The van der Waals surface area contributed by atoms with Crippen LogP contribution in [-0.4, -0.2) is 51.6 Å². The molecule has 2 radical (unpaired) electrons. The first kappa shape index (κ1) is 19.1. The van der Waals surface area contributed by atoms with E-state index in [9.17, 15) is 0 Å². The normalized spacial score (nSPS) is 14.9. The molecule has 1 aromatic heterocycles. The highest BCUT2D eigenvalue weighted by atomic mass is 16.5. The molecule has 4 nitrogen and oxygen atoms in total. The molecule has 1 aliphatic heterocycles. The summed E-state index contributed by atoms with van der Waals surface area (Å²) in [4.78, 5) is 6.18. The highest BCUT2D eigenvalue weighted by molar-refractivity contribution is 6.32. The third-order valence-electron chi connectivity index (χ3n) is 2.57. The maximum Gasteiger partial charge on any atom is 0.113 e. The van der Waals surface area contributed by atoms with Crippen molar-refractivity contribution in [1.29, 1.82) is 0 Å². The fraction of sp³-hybridized carbons (Fsp3) is 0.667. The third-order valence-corrected chi connectivity index (χ3v) is 2.57. The summed E-state index contributed by atoms with van der Waals surface area (Å²) in [7, 11) is 9.57. The Morgan fingerprint density at radius 1 is 1.35 bits per heavy atom. The van der Waals surface area contributed by atoms with Crippen LogP contribution < -0.4 is 11.2 Å². The summed E-state index contributed by atoms with van der Waals surface area (Å²) in [6.07, 6.45) is 4.24. The van der Waals surface area contributed by atoms with Gasteiger partial charge in [0.1, 0.15) is 7.85 Å². The van der Waals surface area contributed by atoms with Crippen LogP contribution in [0.3, 0.4) is 0 Å². The van der Waals surface area contributed by atoms with E-state index in [4.69, 9.17) is 18.3 Å². The number of hydrogen-bond acceptors (Lipinski definition) is 4. The SMILES string of the molecule is C1CCOC1.CC.[B]c1ccnc(C(N)CN(C)C)c1. The molecule has 1 aliphatic rings. The minimum absolute atomic E-state index is 0.0708. The van der Waals surface area contributed by atoms with Crippen LogP contribution in [0.15, 0.2) is 18.3 Å². The second-order valence-electron chi connectivity index (χ2n) is 4.70. The average molecular weight is 277 g/mol. The Bertz CT molecular complexity index is 336. The molecule has 0 amide bonds. The average Bonchev–Trinajstić information content (AvgIpc) is 2.99. The predicted octanol–water partition coefficient (Wildman–Crippen LogP) is 1.26. The summed E-state index contributed by atoms with van der Waals surface area (Å²) in [5.41, 5.74) is 7.45. The molecule has 1 atom stereocenters. The molecule has 2 rings (SSSR count). The fourth-order valence-electron chi connectivity index (χ4n) is 1.67. The lowest BCUT2D eigenvalue weighted by Crippen LogP contribution is -2.27. The summed E-state index contributed by atoms with van der Waals surface area (Å²) in [5.74, 6) is 0. The lowest BCUT2D eigenvalue weighted by atomic mass is 9.96. The molecule has 0 bridgehead atoms. The van der Waals surface area contributed by atoms with Crippen LogP contribution in [0.4, 0.5) is 0 Å². The van der Waals surface area contributed by atoms with E-state index in [0.717, 1.165) is 25.5 Å². The molecule has 2 N–H and O–H groups in total. The highest BCUT2D eigenvalue weighted by Crippen LogP contribution is 2.04. The zero-order valence-corrected chi connectivity index (χ0v) is 13.3. The maximum atomic E-state index is 5.91. The van der Waals surface area contributed by atoms with Crippen LogP contribution in [0.25, 0.3) is 0 Å². The molecule has 0 aliphatic carbocycles. The van der Waals surface area contributed by atoms with E-state index in [1.807, 2.05) is 38.9 Å². The number of aromatic nitrogens is 1. The van der Waals surface area contributed by atoms with Gasteiger partial charge in [-0.2, -0.15) is 0 Å². The maximum absolute atomic E-state index is 5.91. The Hall–Kier alpha value is -0.905. The van der Waals surface area contributed by atoms with Crippen LogP contribution in [0.2, 0.25) is 0 Å². The summed E-state index contributed by atoms with van der Waals surface area (Å²) >= 11 is 0. The van der Waals surface area contributed by atoms with Crippen molar-refractivity contribution in [2.45, 2.75) is 32.7 Å². The van der Waals surface area contributed by atoms with Crippen molar-refractivity contribution in [3.05, 3.63) is 24.0 Å². The zero-order chi connectivity index (χ0) is 15.4. The van der Waals surface area contributed by atoms with Gasteiger partial charge in [-0.1, -0.05) is 25.4 Å². The largest absolute Gasteiger partial charge is 0.381 e. The first-order valence-corrected chi connectivity index (χ1v) is 7.29. The van der Waals surface area contributed by atoms with Crippen molar-refractivity contribution in [2.24, 2.45) is 5.73 Å². The van der Waals surface area contributed by atoms with Gasteiger partial charge in [0.15, 0.2) is 0 Å². The predicted molar refractivity (Wildman–Crippen MR) is 86.5 cm³/mol. The molecule has 2 heterocycles. The number of pyridine rings is 1.